The third-order valence-corrected chi connectivity index (χ3v) is 3.03. The van der Waals surface area contributed by atoms with Gasteiger partial charge >= 0.3 is 0 Å². The van der Waals surface area contributed by atoms with Gasteiger partial charge in [0.15, 0.2) is 5.65 Å². The maximum atomic E-state index is 5.33. The van der Waals surface area contributed by atoms with Gasteiger partial charge in [0.25, 0.3) is 0 Å². The first-order chi connectivity index (χ1) is 7.92. The molecule has 0 aliphatic carbocycles. The maximum absolute atomic E-state index is 5.33. The number of nitrogens with zero attached hydrogens (tertiary/aromatic N) is 3. The molecule has 0 aliphatic heterocycles. The van der Waals surface area contributed by atoms with Crippen LogP contribution in [0.4, 0.5) is 0 Å². The zero-order valence-corrected chi connectivity index (χ0v) is 10.3. The minimum atomic E-state index is 0.687. The lowest BCUT2D eigenvalue weighted by molar-refractivity contribution is 0.167. The molecule has 2 aromatic rings. The highest BCUT2D eigenvalue weighted by molar-refractivity contribution is 7.99. The molecule has 0 radical (unpaired) electrons. The molecule has 0 aromatic carbocycles. The summed E-state index contributed by atoms with van der Waals surface area (Å²) in [5.74, 6) is 1.61. The number of imidazole rings is 1. The largest absolute Gasteiger partial charge is 0.380 e. The first-order valence-corrected chi connectivity index (χ1v) is 6.49. The Labute approximate surface area is 103 Å². The SMILES string of the molecule is SCCOCCSc1ncnc2nc[nH]c12. The zero-order chi connectivity index (χ0) is 11.2. The molecule has 0 atom stereocenters. The minimum Gasteiger partial charge on any atom is -0.380 e. The molecule has 5 nitrogen and oxygen atoms in total. The highest BCUT2D eigenvalue weighted by Crippen LogP contribution is 2.21. The van der Waals surface area contributed by atoms with Crippen LogP contribution in [0.1, 0.15) is 0 Å². The molecule has 0 unspecified atom stereocenters. The molecule has 1 N–H and O–H groups in total. The molecule has 0 saturated heterocycles. The highest BCUT2D eigenvalue weighted by atomic mass is 32.2. The Kier molecular flexibility index (Phi) is 4.44. The van der Waals surface area contributed by atoms with Crippen LogP contribution in [0.3, 0.4) is 0 Å². The quantitative estimate of drug-likeness (QED) is 0.354. The first-order valence-electron chi connectivity index (χ1n) is 4.87. The lowest BCUT2D eigenvalue weighted by atomic mass is 10.6. The fourth-order valence-electron chi connectivity index (χ4n) is 1.22. The van der Waals surface area contributed by atoms with Crippen LogP contribution in [0.15, 0.2) is 17.7 Å². The van der Waals surface area contributed by atoms with E-state index in [0.717, 1.165) is 22.0 Å². The van der Waals surface area contributed by atoms with Crippen molar-refractivity contribution in [3.8, 4) is 0 Å². The van der Waals surface area contributed by atoms with E-state index in [4.69, 9.17) is 4.74 Å². The lowest BCUT2D eigenvalue weighted by Gasteiger charge is -2.02. The molecule has 2 heterocycles. The summed E-state index contributed by atoms with van der Waals surface area (Å²) in [6.45, 7) is 1.39. The molecule has 2 aromatic heterocycles. The molecule has 0 fully saturated rings. The van der Waals surface area contributed by atoms with Crippen LogP contribution in [-0.2, 0) is 4.74 Å². The van der Waals surface area contributed by atoms with Crippen LogP contribution in [0.5, 0.6) is 0 Å². The zero-order valence-electron chi connectivity index (χ0n) is 8.59. The van der Waals surface area contributed by atoms with Crippen LogP contribution in [0, 0.1) is 0 Å². The fraction of sp³-hybridized carbons (Fsp3) is 0.444. The van der Waals surface area contributed by atoms with E-state index in [0.29, 0.717) is 18.9 Å². The van der Waals surface area contributed by atoms with Crippen LogP contribution >= 0.6 is 24.4 Å². The Morgan fingerprint density at radius 2 is 2.25 bits per heavy atom. The van der Waals surface area contributed by atoms with Crippen molar-refractivity contribution in [2.24, 2.45) is 0 Å². The van der Waals surface area contributed by atoms with E-state index in [1.54, 1.807) is 18.1 Å². The molecular formula is C9H12N4OS2. The third-order valence-electron chi connectivity index (χ3n) is 1.89. The number of aromatic nitrogens is 4. The van der Waals surface area contributed by atoms with Gasteiger partial charge < -0.3 is 9.72 Å². The molecule has 16 heavy (non-hydrogen) atoms. The van der Waals surface area contributed by atoms with Crippen molar-refractivity contribution in [2.45, 2.75) is 5.03 Å². The van der Waals surface area contributed by atoms with Gasteiger partial charge in [-0.25, -0.2) is 15.0 Å². The van der Waals surface area contributed by atoms with Crippen molar-refractivity contribution >= 4 is 35.6 Å². The minimum absolute atomic E-state index is 0.687. The topological polar surface area (TPSA) is 63.7 Å². The molecule has 0 amide bonds. The Bertz CT molecular complexity index is 448. The molecule has 2 rings (SSSR count). The van der Waals surface area contributed by atoms with Gasteiger partial charge in [-0.3, -0.25) is 0 Å². The molecule has 0 saturated carbocycles. The molecule has 0 aliphatic rings. The summed E-state index contributed by atoms with van der Waals surface area (Å²) in [5.41, 5.74) is 1.59. The summed E-state index contributed by atoms with van der Waals surface area (Å²) in [4.78, 5) is 15.4. The van der Waals surface area contributed by atoms with E-state index in [1.807, 2.05) is 0 Å². The highest BCUT2D eigenvalue weighted by Gasteiger charge is 2.05. The van der Waals surface area contributed by atoms with Crippen molar-refractivity contribution in [3.05, 3.63) is 12.7 Å². The fourth-order valence-corrected chi connectivity index (χ4v) is 2.16. The number of fused-ring (bicyclic) bond motifs is 1. The second kappa shape index (κ2) is 6.07. The summed E-state index contributed by atoms with van der Waals surface area (Å²) in [6.07, 6.45) is 3.15. The summed E-state index contributed by atoms with van der Waals surface area (Å²) in [7, 11) is 0. The van der Waals surface area contributed by atoms with E-state index in [9.17, 15) is 0 Å². The Morgan fingerprint density at radius 3 is 3.12 bits per heavy atom. The number of H-pyrrole nitrogens is 1. The van der Waals surface area contributed by atoms with Crippen molar-refractivity contribution in [1.29, 1.82) is 0 Å². The number of aromatic amines is 1. The van der Waals surface area contributed by atoms with E-state index < -0.39 is 0 Å². The summed E-state index contributed by atoms with van der Waals surface area (Å²) < 4.78 is 5.33. The Balaban J connectivity index is 1.91. The molecule has 0 bridgehead atoms. The van der Waals surface area contributed by atoms with Crippen molar-refractivity contribution in [2.75, 3.05) is 24.7 Å². The predicted molar refractivity (Wildman–Crippen MR) is 67.1 cm³/mol. The number of hydrogen-bond donors (Lipinski definition) is 2. The summed E-state index contributed by atoms with van der Waals surface area (Å²) >= 11 is 5.70. The average Bonchev–Trinajstić information content (AvgIpc) is 2.77. The van der Waals surface area contributed by atoms with Gasteiger partial charge in [-0.05, 0) is 0 Å². The average molecular weight is 256 g/mol. The lowest BCUT2D eigenvalue weighted by Crippen LogP contribution is -2.00. The van der Waals surface area contributed by atoms with Gasteiger partial charge in [0, 0.05) is 11.5 Å². The van der Waals surface area contributed by atoms with Gasteiger partial charge in [-0.15, -0.1) is 11.8 Å². The van der Waals surface area contributed by atoms with E-state index in [2.05, 4.69) is 32.6 Å². The second-order valence-electron chi connectivity index (χ2n) is 2.96. The normalized spacial score (nSPS) is 11.1. The van der Waals surface area contributed by atoms with Gasteiger partial charge in [-0.2, -0.15) is 12.6 Å². The predicted octanol–water partition coefficient (Wildman–Crippen LogP) is 1.39. The number of rotatable bonds is 6. The standard InChI is InChI=1S/C9H12N4OS2/c15-3-1-14-2-4-16-9-7-8(11-5-10-7)12-6-13-9/h5-6,15H,1-4H2,(H,10,11,12,13). The number of hydrogen-bond acceptors (Lipinski definition) is 6. The third kappa shape index (κ3) is 2.87. The van der Waals surface area contributed by atoms with Gasteiger partial charge in [0.2, 0.25) is 0 Å². The van der Waals surface area contributed by atoms with E-state index in [-0.39, 0.29) is 0 Å². The van der Waals surface area contributed by atoms with Crippen molar-refractivity contribution < 1.29 is 4.74 Å². The molecule has 0 spiro atoms. The van der Waals surface area contributed by atoms with Gasteiger partial charge in [0.05, 0.1) is 19.5 Å². The van der Waals surface area contributed by atoms with Crippen molar-refractivity contribution in [3.63, 3.8) is 0 Å². The Hall–Kier alpha value is -0.790. The van der Waals surface area contributed by atoms with E-state index in [1.165, 1.54) is 6.33 Å². The number of thiol groups is 1. The van der Waals surface area contributed by atoms with Crippen LogP contribution < -0.4 is 0 Å². The van der Waals surface area contributed by atoms with Crippen LogP contribution in [0.2, 0.25) is 0 Å². The summed E-state index contributed by atoms with van der Waals surface area (Å²) in [6, 6.07) is 0. The van der Waals surface area contributed by atoms with Gasteiger partial charge in [0.1, 0.15) is 16.9 Å². The van der Waals surface area contributed by atoms with E-state index >= 15 is 0 Å². The molecule has 7 heteroatoms. The maximum Gasteiger partial charge on any atom is 0.181 e. The van der Waals surface area contributed by atoms with Crippen LogP contribution in [0.25, 0.3) is 11.2 Å². The Morgan fingerprint density at radius 1 is 1.31 bits per heavy atom. The van der Waals surface area contributed by atoms with Crippen molar-refractivity contribution in [1.82, 2.24) is 19.9 Å². The smallest absolute Gasteiger partial charge is 0.181 e. The number of ether oxygens (including phenoxy) is 1. The molecule has 86 valence electrons. The number of thioether (sulfide) groups is 1. The number of nitrogens with one attached hydrogen (secondary N) is 1. The monoisotopic (exact) mass is 256 g/mol. The summed E-state index contributed by atoms with van der Waals surface area (Å²) in [5, 5.41) is 0.914. The second-order valence-corrected chi connectivity index (χ2v) is 4.50. The first kappa shape index (κ1) is 11.7. The van der Waals surface area contributed by atoms with Gasteiger partial charge in [-0.1, -0.05) is 0 Å². The van der Waals surface area contributed by atoms with Crippen LogP contribution in [-0.4, -0.2) is 44.7 Å². The molecular weight excluding hydrogens is 244 g/mol.